The minimum Gasteiger partial charge on any atom is -0.450 e. The van der Waals surface area contributed by atoms with E-state index in [2.05, 4.69) is 15.6 Å². The van der Waals surface area contributed by atoms with Crippen molar-refractivity contribution in [1.82, 2.24) is 4.98 Å². The van der Waals surface area contributed by atoms with Crippen LogP contribution in [0.15, 0.2) is 48.8 Å². The lowest BCUT2D eigenvalue weighted by Crippen LogP contribution is -2.15. The third-order valence-electron chi connectivity index (χ3n) is 3.22. The SMILES string of the molecule is CCOC(=O)Nc1cccc(NC(=O)C=Cc2cccnc2)c1C. The molecule has 24 heavy (non-hydrogen) atoms. The Bertz CT molecular complexity index is 742. The number of anilines is 2. The Kier molecular flexibility index (Phi) is 6.08. The number of hydrogen-bond donors (Lipinski definition) is 2. The largest absolute Gasteiger partial charge is 0.450 e. The molecule has 0 aliphatic rings. The average Bonchev–Trinajstić information content (AvgIpc) is 2.58. The summed E-state index contributed by atoms with van der Waals surface area (Å²) in [5.74, 6) is -0.268. The van der Waals surface area contributed by atoms with Gasteiger partial charge in [-0.1, -0.05) is 12.1 Å². The predicted molar refractivity (Wildman–Crippen MR) is 93.7 cm³/mol. The highest BCUT2D eigenvalue weighted by Crippen LogP contribution is 2.23. The van der Waals surface area contributed by atoms with Crippen molar-refractivity contribution in [1.29, 1.82) is 0 Å². The van der Waals surface area contributed by atoms with Crippen molar-refractivity contribution in [3.63, 3.8) is 0 Å². The van der Waals surface area contributed by atoms with Gasteiger partial charge in [-0.05, 0) is 49.2 Å². The van der Waals surface area contributed by atoms with Crippen LogP contribution in [0.25, 0.3) is 6.08 Å². The molecule has 0 unspecified atom stereocenters. The number of nitrogens with zero attached hydrogens (tertiary/aromatic N) is 1. The lowest BCUT2D eigenvalue weighted by atomic mass is 10.1. The highest BCUT2D eigenvalue weighted by Gasteiger charge is 2.09. The van der Waals surface area contributed by atoms with Gasteiger partial charge in [-0.25, -0.2) is 4.79 Å². The summed E-state index contributed by atoms with van der Waals surface area (Å²) in [7, 11) is 0. The highest BCUT2D eigenvalue weighted by molar-refractivity contribution is 6.03. The summed E-state index contributed by atoms with van der Waals surface area (Å²) in [4.78, 5) is 27.5. The number of amides is 2. The van der Waals surface area contributed by atoms with Crippen LogP contribution >= 0.6 is 0 Å². The summed E-state index contributed by atoms with van der Waals surface area (Å²) in [5, 5.41) is 5.43. The maximum absolute atomic E-state index is 12.0. The van der Waals surface area contributed by atoms with E-state index in [-0.39, 0.29) is 5.91 Å². The van der Waals surface area contributed by atoms with E-state index in [0.717, 1.165) is 11.1 Å². The lowest BCUT2D eigenvalue weighted by Gasteiger charge is -2.12. The molecular formula is C18H19N3O3. The Labute approximate surface area is 140 Å². The third kappa shape index (κ3) is 4.95. The molecule has 1 heterocycles. The minimum absolute atomic E-state index is 0.268. The first-order valence-corrected chi connectivity index (χ1v) is 7.52. The van der Waals surface area contributed by atoms with Crippen molar-refractivity contribution in [2.24, 2.45) is 0 Å². The van der Waals surface area contributed by atoms with Crippen LogP contribution in [0.5, 0.6) is 0 Å². The van der Waals surface area contributed by atoms with Crippen LogP contribution in [-0.4, -0.2) is 23.6 Å². The Balaban J connectivity index is 2.05. The van der Waals surface area contributed by atoms with Gasteiger partial charge in [0.2, 0.25) is 5.91 Å². The third-order valence-corrected chi connectivity index (χ3v) is 3.22. The van der Waals surface area contributed by atoms with Crippen molar-refractivity contribution in [2.75, 3.05) is 17.2 Å². The molecule has 0 saturated heterocycles. The molecule has 0 aliphatic carbocycles. The molecular weight excluding hydrogens is 306 g/mol. The molecule has 2 N–H and O–H groups in total. The van der Waals surface area contributed by atoms with E-state index in [1.807, 2.05) is 13.0 Å². The van der Waals surface area contributed by atoms with E-state index in [1.54, 1.807) is 49.7 Å². The zero-order valence-corrected chi connectivity index (χ0v) is 13.6. The second-order valence-corrected chi connectivity index (χ2v) is 4.93. The van der Waals surface area contributed by atoms with Crippen molar-refractivity contribution in [2.45, 2.75) is 13.8 Å². The minimum atomic E-state index is -0.527. The van der Waals surface area contributed by atoms with Gasteiger partial charge >= 0.3 is 6.09 Å². The van der Waals surface area contributed by atoms with Gasteiger partial charge < -0.3 is 10.1 Å². The molecule has 2 amide bonds. The van der Waals surface area contributed by atoms with Crippen molar-refractivity contribution >= 4 is 29.5 Å². The molecule has 124 valence electrons. The van der Waals surface area contributed by atoms with E-state index in [1.165, 1.54) is 6.08 Å². The smallest absolute Gasteiger partial charge is 0.411 e. The fourth-order valence-electron chi connectivity index (χ4n) is 2.00. The summed E-state index contributed by atoms with van der Waals surface area (Å²) in [6.07, 6.45) is 5.92. The molecule has 0 radical (unpaired) electrons. The second-order valence-electron chi connectivity index (χ2n) is 4.93. The van der Waals surface area contributed by atoms with Gasteiger partial charge in [0.1, 0.15) is 0 Å². The lowest BCUT2D eigenvalue weighted by molar-refractivity contribution is -0.111. The van der Waals surface area contributed by atoms with E-state index >= 15 is 0 Å². The Morgan fingerprint density at radius 1 is 1.17 bits per heavy atom. The van der Waals surface area contributed by atoms with Gasteiger partial charge in [-0.3, -0.25) is 15.1 Å². The summed E-state index contributed by atoms with van der Waals surface area (Å²) in [5.41, 5.74) is 2.78. The molecule has 2 rings (SSSR count). The highest BCUT2D eigenvalue weighted by atomic mass is 16.5. The number of aromatic nitrogens is 1. The van der Waals surface area contributed by atoms with Crippen LogP contribution in [0.3, 0.4) is 0 Å². The predicted octanol–water partition coefficient (Wildman–Crippen LogP) is 3.61. The average molecular weight is 325 g/mol. The molecule has 2 aromatic rings. The number of rotatable bonds is 5. The molecule has 0 atom stereocenters. The Hall–Kier alpha value is -3.15. The van der Waals surface area contributed by atoms with Crippen LogP contribution < -0.4 is 10.6 Å². The fraction of sp³-hybridized carbons (Fsp3) is 0.167. The van der Waals surface area contributed by atoms with Crippen molar-refractivity contribution in [3.8, 4) is 0 Å². The van der Waals surface area contributed by atoms with Gasteiger partial charge in [0.15, 0.2) is 0 Å². The number of carbonyl (C=O) groups excluding carboxylic acids is 2. The van der Waals surface area contributed by atoms with Crippen LogP contribution in [-0.2, 0) is 9.53 Å². The van der Waals surface area contributed by atoms with Gasteiger partial charge in [0, 0.05) is 29.8 Å². The quantitative estimate of drug-likeness (QED) is 0.823. The summed E-state index contributed by atoms with van der Waals surface area (Å²) >= 11 is 0. The number of hydrogen-bond acceptors (Lipinski definition) is 4. The van der Waals surface area contributed by atoms with E-state index < -0.39 is 6.09 Å². The Morgan fingerprint density at radius 2 is 1.92 bits per heavy atom. The molecule has 0 fully saturated rings. The topological polar surface area (TPSA) is 80.3 Å². The monoisotopic (exact) mass is 325 g/mol. The standard InChI is InChI=1S/C18H19N3O3/c1-3-24-18(23)21-16-8-4-7-15(13(16)2)20-17(22)10-9-14-6-5-11-19-12-14/h4-12H,3H2,1-2H3,(H,20,22)(H,21,23). The van der Waals surface area contributed by atoms with Crippen LogP contribution in [0, 0.1) is 6.92 Å². The number of pyridine rings is 1. The first-order valence-electron chi connectivity index (χ1n) is 7.52. The zero-order chi connectivity index (χ0) is 17.4. The molecule has 0 aliphatic heterocycles. The molecule has 1 aromatic carbocycles. The summed E-state index contributed by atoms with van der Waals surface area (Å²) in [6, 6.07) is 8.90. The molecule has 6 heteroatoms. The molecule has 0 saturated carbocycles. The fourth-order valence-corrected chi connectivity index (χ4v) is 2.00. The van der Waals surface area contributed by atoms with Crippen LogP contribution in [0.2, 0.25) is 0 Å². The van der Waals surface area contributed by atoms with Crippen LogP contribution in [0.4, 0.5) is 16.2 Å². The Morgan fingerprint density at radius 3 is 2.58 bits per heavy atom. The van der Waals surface area contributed by atoms with E-state index in [9.17, 15) is 9.59 Å². The number of nitrogens with one attached hydrogen (secondary N) is 2. The summed E-state index contributed by atoms with van der Waals surface area (Å²) in [6.45, 7) is 3.83. The van der Waals surface area contributed by atoms with Gasteiger partial charge in [0.05, 0.1) is 6.61 Å². The molecule has 1 aromatic heterocycles. The number of carbonyl (C=O) groups is 2. The van der Waals surface area contributed by atoms with Crippen LogP contribution in [0.1, 0.15) is 18.1 Å². The molecule has 6 nitrogen and oxygen atoms in total. The zero-order valence-electron chi connectivity index (χ0n) is 13.6. The van der Waals surface area contributed by atoms with E-state index in [0.29, 0.717) is 18.0 Å². The summed E-state index contributed by atoms with van der Waals surface area (Å²) < 4.78 is 4.85. The van der Waals surface area contributed by atoms with Gasteiger partial charge in [0.25, 0.3) is 0 Å². The van der Waals surface area contributed by atoms with Gasteiger partial charge in [-0.15, -0.1) is 0 Å². The first kappa shape index (κ1) is 17.2. The maximum atomic E-state index is 12.0. The maximum Gasteiger partial charge on any atom is 0.411 e. The normalized spacial score (nSPS) is 10.4. The number of benzene rings is 1. The number of ether oxygens (including phenoxy) is 1. The van der Waals surface area contributed by atoms with Crippen molar-refractivity contribution in [3.05, 3.63) is 59.9 Å². The molecule has 0 bridgehead atoms. The first-order chi connectivity index (χ1) is 11.6. The van der Waals surface area contributed by atoms with Crippen molar-refractivity contribution < 1.29 is 14.3 Å². The second kappa shape index (κ2) is 8.47. The molecule has 0 spiro atoms. The van der Waals surface area contributed by atoms with E-state index in [4.69, 9.17) is 4.74 Å². The van der Waals surface area contributed by atoms with Gasteiger partial charge in [-0.2, -0.15) is 0 Å².